The lowest BCUT2D eigenvalue weighted by Crippen LogP contribution is -2.61. The highest BCUT2D eigenvalue weighted by Crippen LogP contribution is 2.31. The molecule has 1 heterocycles. The van der Waals surface area contributed by atoms with Gasteiger partial charge in [-0.2, -0.15) is 0 Å². The molecular formula is C15H26N2O3. The number of esters is 1. The highest BCUT2D eigenvalue weighted by molar-refractivity contribution is 6.10. The van der Waals surface area contributed by atoms with E-state index < -0.39 is 11.5 Å². The second kappa shape index (κ2) is 6.68. The molecule has 20 heavy (non-hydrogen) atoms. The zero-order chi connectivity index (χ0) is 14.6. The van der Waals surface area contributed by atoms with Crippen LogP contribution in [0.4, 0.5) is 0 Å². The second-order valence-corrected chi connectivity index (χ2v) is 6.18. The van der Waals surface area contributed by atoms with Gasteiger partial charge in [-0.3, -0.25) is 4.79 Å². The largest absolute Gasteiger partial charge is 0.467 e. The molecule has 1 aliphatic carbocycles. The molecule has 5 nitrogen and oxygen atoms in total. The smallest absolute Gasteiger partial charge is 0.333 e. The number of carbonyl (C=O) groups is 2. The Morgan fingerprint density at radius 3 is 2.45 bits per heavy atom. The van der Waals surface area contributed by atoms with Crippen molar-refractivity contribution in [3.8, 4) is 0 Å². The molecule has 0 aromatic rings. The van der Waals surface area contributed by atoms with Gasteiger partial charge < -0.3 is 15.8 Å². The first-order valence-electron chi connectivity index (χ1n) is 7.73. The summed E-state index contributed by atoms with van der Waals surface area (Å²) >= 11 is 0. The highest BCUT2D eigenvalue weighted by atomic mass is 16.5. The molecule has 2 aliphatic rings. The van der Waals surface area contributed by atoms with E-state index in [1.807, 2.05) is 0 Å². The average Bonchev–Trinajstić information content (AvgIpc) is 3.00. The van der Waals surface area contributed by atoms with Crippen LogP contribution in [-0.2, 0) is 14.3 Å². The molecule has 2 rings (SSSR count). The molecule has 2 atom stereocenters. The Hall–Kier alpha value is -0.940. The van der Waals surface area contributed by atoms with Crippen molar-refractivity contribution in [1.82, 2.24) is 5.32 Å². The average molecular weight is 282 g/mol. The van der Waals surface area contributed by atoms with Gasteiger partial charge in [0.15, 0.2) is 11.3 Å². The summed E-state index contributed by atoms with van der Waals surface area (Å²) in [6.45, 7) is 0.817. The monoisotopic (exact) mass is 282 g/mol. The van der Waals surface area contributed by atoms with Crippen molar-refractivity contribution in [2.75, 3.05) is 13.7 Å². The van der Waals surface area contributed by atoms with Gasteiger partial charge in [0.05, 0.1) is 13.2 Å². The van der Waals surface area contributed by atoms with Gasteiger partial charge in [0.1, 0.15) is 0 Å². The van der Waals surface area contributed by atoms with E-state index >= 15 is 0 Å². The fraction of sp³-hybridized carbons (Fsp3) is 0.867. The molecule has 3 N–H and O–H groups in total. The van der Waals surface area contributed by atoms with Gasteiger partial charge >= 0.3 is 5.97 Å². The van der Waals surface area contributed by atoms with Crippen molar-refractivity contribution < 1.29 is 14.3 Å². The Morgan fingerprint density at radius 2 is 1.90 bits per heavy atom. The molecule has 5 heteroatoms. The summed E-state index contributed by atoms with van der Waals surface area (Å²) in [6.07, 6.45) is 7.83. The fourth-order valence-corrected chi connectivity index (χ4v) is 3.53. The van der Waals surface area contributed by atoms with Crippen LogP contribution in [0.25, 0.3) is 0 Å². The Labute approximate surface area is 120 Å². The van der Waals surface area contributed by atoms with Crippen molar-refractivity contribution in [3.63, 3.8) is 0 Å². The van der Waals surface area contributed by atoms with E-state index in [1.54, 1.807) is 0 Å². The van der Waals surface area contributed by atoms with Crippen LogP contribution in [0, 0.1) is 5.92 Å². The minimum atomic E-state index is -1.47. The molecule has 1 saturated heterocycles. The Morgan fingerprint density at radius 1 is 1.20 bits per heavy atom. The predicted molar refractivity (Wildman–Crippen MR) is 76.2 cm³/mol. The number of ether oxygens (including phenoxy) is 1. The van der Waals surface area contributed by atoms with E-state index in [-0.39, 0.29) is 11.8 Å². The number of carbonyl (C=O) groups excluding carboxylic acids is 2. The number of hydrogen-bond acceptors (Lipinski definition) is 5. The van der Waals surface area contributed by atoms with E-state index in [9.17, 15) is 9.59 Å². The van der Waals surface area contributed by atoms with Gasteiger partial charge in [-0.15, -0.1) is 0 Å². The van der Waals surface area contributed by atoms with Crippen LogP contribution >= 0.6 is 0 Å². The molecule has 0 bridgehead atoms. The van der Waals surface area contributed by atoms with Crippen molar-refractivity contribution in [2.45, 2.75) is 62.9 Å². The van der Waals surface area contributed by atoms with Crippen LogP contribution in [-0.4, -0.2) is 37.0 Å². The summed E-state index contributed by atoms with van der Waals surface area (Å²) in [7, 11) is 1.31. The van der Waals surface area contributed by atoms with E-state index in [1.165, 1.54) is 13.5 Å². The van der Waals surface area contributed by atoms with E-state index in [4.69, 9.17) is 10.5 Å². The molecule has 0 aromatic carbocycles. The van der Waals surface area contributed by atoms with Gasteiger partial charge in [-0.05, 0) is 31.7 Å². The maximum absolute atomic E-state index is 12.7. The number of rotatable bonds is 5. The van der Waals surface area contributed by atoms with Crippen molar-refractivity contribution in [1.29, 1.82) is 0 Å². The van der Waals surface area contributed by atoms with E-state index in [2.05, 4.69) is 5.32 Å². The van der Waals surface area contributed by atoms with Gasteiger partial charge in [0, 0.05) is 0 Å². The SMILES string of the molecule is COC(=O)[C@@](N)(CC1CCCCC1)C(=O)[C@@H]1CCCN1. The number of ketones is 1. The quantitative estimate of drug-likeness (QED) is 0.584. The zero-order valence-corrected chi connectivity index (χ0v) is 12.3. The lowest BCUT2D eigenvalue weighted by Gasteiger charge is -2.33. The van der Waals surface area contributed by atoms with Crippen LogP contribution in [0.2, 0.25) is 0 Å². The van der Waals surface area contributed by atoms with Crippen LogP contribution in [0.5, 0.6) is 0 Å². The first kappa shape index (κ1) is 15.4. The van der Waals surface area contributed by atoms with Crippen molar-refractivity contribution >= 4 is 11.8 Å². The topological polar surface area (TPSA) is 81.4 Å². The van der Waals surface area contributed by atoms with Gasteiger partial charge in [-0.25, -0.2) is 4.79 Å². The lowest BCUT2D eigenvalue weighted by atomic mass is 9.76. The summed E-state index contributed by atoms with van der Waals surface area (Å²) < 4.78 is 4.83. The zero-order valence-electron chi connectivity index (χ0n) is 12.3. The first-order chi connectivity index (χ1) is 9.58. The Bertz CT molecular complexity index is 360. The second-order valence-electron chi connectivity index (χ2n) is 6.18. The molecule has 1 aliphatic heterocycles. The summed E-state index contributed by atoms with van der Waals surface area (Å²) in [4.78, 5) is 24.8. The summed E-state index contributed by atoms with van der Waals surface area (Å²) in [6, 6.07) is -0.289. The Balaban J connectivity index is 2.10. The summed E-state index contributed by atoms with van der Waals surface area (Å²) in [5, 5.41) is 3.14. The van der Waals surface area contributed by atoms with Crippen LogP contribution in [0.1, 0.15) is 51.4 Å². The maximum atomic E-state index is 12.7. The van der Waals surface area contributed by atoms with Gasteiger partial charge in [0.25, 0.3) is 0 Å². The number of Topliss-reactive ketones (excluding diaryl/α,β-unsaturated/α-hetero) is 1. The molecule has 0 radical (unpaired) electrons. The third-order valence-electron chi connectivity index (χ3n) is 4.70. The highest BCUT2D eigenvalue weighted by Gasteiger charge is 2.47. The van der Waals surface area contributed by atoms with E-state index in [0.29, 0.717) is 12.3 Å². The third-order valence-corrected chi connectivity index (χ3v) is 4.70. The maximum Gasteiger partial charge on any atom is 0.333 e. The van der Waals surface area contributed by atoms with Gasteiger partial charge in [0.2, 0.25) is 0 Å². The molecular weight excluding hydrogens is 256 g/mol. The predicted octanol–water partition coefficient (Wildman–Crippen LogP) is 1.15. The molecule has 0 amide bonds. The normalized spacial score (nSPS) is 27.0. The first-order valence-corrected chi connectivity index (χ1v) is 7.73. The minimum Gasteiger partial charge on any atom is -0.467 e. The minimum absolute atomic E-state index is 0.188. The van der Waals surface area contributed by atoms with Crippen LogP contribution < -0.4 is 11.1 Å². The van der Waals surface area contributed by atoms with Crippen LogP contribution in [0.3, 0.4) is 0 Å². The molecule has 0 unspecified atom stereocenters. The number of nitrogens with one attached hydrogen (secondary N) is 1. The molecule has 0 spiro atoms. The summed E-state index contributed by atoms with van der Waals surface area (Å²) in [5.41, 5.74) is 4.77. The van der Waals surface area contributed by atoms with Crippen molar-refractivity contribution in [3.05, 3.63) is 0 Å². The third kappa shape index (κ3) is 3.20. The lowest BCUT2D eigenvalue weighted by molar-refractivity contribution is -0.153. The van der Waals surface area contributed by atoms with Gasteiger partial charge in [-0.1, -0.05) is 32.1 Å². The standard InChI is InChI=1S/C15H26N2O3/c1-20-14(19)15(16,10-11-6-3-2-4-7-11)13(18)12-8-5-9-17-12/h11-12,17H,2-10,16H2,1H3/t12-,15+/m0/s1. The number of nitrogens with two attached hydrogens (primary N) is 1. The number of hydrogen-bond donors (Lipinski definition) is 2. The van der Waals surface area contributed by atoms with E-state index in [0.717, 1.165) is 45.1 Å². The number of methoxy groups -OCH3 is 1. The summed E-state index contributed by atoms with van der Waals surface area (Å²) in [5.74, 6) is -0.410. The Kier molecular flexibility index (Phi) is 5.16. The van der Waals surface area contributed by atoms with Crippen molar-refractivity contribution in [2.24, 2.45) is 11.7 Å². The molecule has 114 valence electrons. The van der Waals surface area contributed by atoms with Crippen LogP contribution in [0.15, 0.2) is 0 Å². The molecule has 2 fully saturated rings. The molecule has 0 aromatic heterocycles. The molecule has 1 saturated carbocycles. The fourth-order valence-electron chi connectivity index (χ4n) is 3.53.